The Hall–Kier alpha value is -0.180. The predicted molar refractivity (Wildman–Crippen MR) is 62.7 cm³/mol. The molecule has 1 atom stereocenters. The topological polar surface area (TPSA) is 29.1 Å². The number of nitrogens with one attached hydrogen (secondary N) is 1. The highest BCUT2D eigenvalue weighted by Gasteiger charge is 2.21. The zero-order chi connectivity index (χ0) is 10.4. The van der Waals surface area contributed by atoms with Crippen molar-refractivity contribution >= 4 is 17.0 Å². The van der Waals surface area contributed by atoms with Crippen molar-refractivity contribution in [3.63, 3.8) is 0 Å². The van der Waals surface area contributed by atoms with Gasteiger partial charge in [0.05, 0.1) is 0 Å². The van der Waals surface area contributed by atoms with Crippen LogP contribution in [0.25, 0.3) is 0 Å². The van der Waals surface area contributed by atoms with E-state index >= 15 is 0 Å². The molecule has 1 saturated carbocycles. The molecule has 1 amide bonds. The first-order valence-corrected chi connectivity index (χ1v) is 6.66. The Morgan fingerprint density at radius 3 is 2.64 bits per heavy atom. The second kappa shape index (κ2) is 6.33. The predicted octanol–water partition coefficient (Wildman–Crippen LogP) is 3.42. The van der Waals surface area contributed by atoms with Gasteiger partial charge in [-0.1, -0.05) is 37.9 Å². The summed E-state index contributed by atoms with van der Waals surface area (Å²) < 4.78 is 0. The molecule has 0 aromatic heterocycles. The summed E-state index contributed by atoms with van der Waals surface area (Å²) >= 11 is 1.37. The maximum Gasteiger partial charge on any atom is 0.279 e. The lowest BCUT2D eigenvalue weighted by atomic mass is 9.85. The second-order valence-corrected chi connectivity index (χ2v) is 5.29. The van der Waals surface area contributed by atoms with E-state index in [1.807, 2.05) is 6.92 Å². The first kappa shape index (κ1) is 11.9. The van der Waals surface area contributed by atoms with Crippen LogP contribution in [0.5, 0.6) is 0 Å². The minimum Gasteiger partial charge on any atom is -0.344 e. The van der Waals surface area contributed by atoms with Gasteiger partial charge in [-0.15, -0.1) is 0 Å². The zero-order valence-electron chi connectivity index (χ0n) is 9.21. The van der Waals surface area contributed by atoms with Gasteiger partial charge in [-0.3, -0.25) is 4.79 Å². The maximum atomic E-state index is 11.3. The average Bonchev–Trinajstić information content (AvgIpc) is 2.19. The van der Waals surface area contributed by atoms with Crippen molar-refractivity contribution in [2.24, 2.45) is 5.92 Å². The number of rotatable bonds is 3. The molecule has 0 bridgehead atoms. The fraction of sp³-hybridized carbons (Fsp3) is 0.909. The average molecular weight is 215 g/mol. The molecule has 1 N–H and O–H groups in total. The Kier molecular flexibility index (Phi) is 5.38. The van der Waals surface area contributed by atoms with E-state index < -0.39 is 0 Å². The molecule has 1 unspecified atom stereocenters. The summed E-state index contributed by atoms with van der Waals surface area (Å²) in [6, 6.07) is 0.363. The highest BCUT2D eigenvalue weighted by Crippen LogP contribution is 2.26. The molecule has 0 aromatic rings. The number of amides is 1. The molecule has 0 spiro atoms. The van der Waals surface area contributed by atoms with Gasteiger partial charge >= 0.3 is 0 Å². The van der Waals surface area contributed by atoms with E-state index in [1.54, 1.807) is 0 Å². The molecule has 14 heavy (non-hydrogen) atoms. The summed E-state index contributed by atoms with van der Waals surface area (Å²) in [4.78, 5) is 11.3. The Morgan fingerprint density at radius 1 is 1.43 bits per heavy atom. The van der Waals surface area contributed by atoms with Crippen molar-refractivity contribution in [2.75, 3.05) is 5.75 Å². The summed E-state index contributed by atoms with van der Waals surface area (Å²) in [5.74, 6) is 1.58. The monoisotopic (exact) mass is 215 g/mol. The minimum atomic E-state index is 0.144. The molecule has 1 aliphatic carbocycles. The van der Waals surface area contributed by atoms with Crippen LogP contribution in [0.4, 0.5) is 4.79 Å². The van der Waals surface area contributed by atoms with E-state index in [2.05, 4.69) is 12.2 Å². The number of hydrogen-bond acceptors (Lipinski definition) is 2. The van der Waals surface area contributed by atoms with Crippen LogP contribution in [0.2, 0.25) is 0 Å². The number of thioether (sulfide) groups is 1. The van der Waals surface area contributed by atoms with Crippen LogP contribution in [0.1, 0.15) is 46.0 Å². The van der Waals surface area contributed by atoms with Crippen molar-refractivity contribution in [3.8, 4) is 0 Å². The number of carbonyl (C=O) groups is 1. The molecule has 2 nitrogen and oxygen atoms in total. The van der Waals surface area contributed by atoms with Crippen molar-refractivity contribution in [1.82, 2.24) is 5.32 Å². The van der Waals surface area contributed by atoms with E-state index in [1.165, 1.54) is 43.9 Å². The second-order valence-electron chi connectivity index (χ2n) is 4.05. The zero-order valence-corrected chi connectivity index (χ0v) is 10.0. The van der Waals surface area contributed by atoms with E-state index in [4.69, 9.17) is 0 Å². The first-order chi connectivity index (χ1) is 6.74. The standard InChI is InChI=1S/C11H21NOS/c1-3-14-11(13)12-9(2)10-7-5-4-6-8-10/h9-10H,3-8H2,1-2H3,(H,12,13). The Morgan fingerprint density at radius 2 is 2.07 bits per heavy atom. The maximum absolute atomic E-state index is 11.3. The van der Waals surface area contributed by atoms with Crippen molar-refractivity contribution in [2.45, 2.75) is 52.0 Å². The van der Waals surface area contributed by atoms with Gasteiger partial charge in [0.1, 0.15) is 0 Å². The molecular weight excluding hydrogens is 194 g/mol. The largest absolute Gasteiger partial charge is 0.344 e. The van der Waals surface area contributed by atoms with Gasteiger partial charge in [-0.2, -0.15) is 0 Å². The molecule has 0 heterocycles. The number of hydrogen-bond donors (Lipinski definition) is 1. The highest BCUT2D eigenvalue weighted by molar-refractivity contribution is 8.13. The Labute approximate surface area is 91.2 Å². The SMILES string of the molecule is CCSC(=O)NC(C)C1CCCCC1. The third-order valence-electron chi connectivity index (χ3n) is 2.98. The van der Waals surface area contributed by atoms with Crippen molar-refractivity contribution < 1.29 is 4.79 Å². The normalized spacial score (nSPS) is 20.4. The lowest BCUT2D eigenvalue weighted by Gasteiger charge is -2.28. The quantitative estimate of drug-likeness (QED) is 0.781. The van der Waals surface area contributed by atoms with Gasteiger partial charge < -0.3 is 5.32 Å². The summed E-state index contributed by atoms with van der Waals surface area (Å²) in [5, 5.41) is 3.22. The van der Waals surface area contributed by atoms with Gasteiger partial charge in [0.2, 0.25) is 0 Å². The molecular formula is C11H21NOS. The smallest absolute Gasteiger partial charge is 0.279 e. The van der Waals surface area contributed by atoms with Crippen LogP contribution in [0.3, 0.4) is 0 Å². The molecule has 0 aromatic carbocycles. The van der Waals surface area contributed by atoms with Crippen LogP contribution in [0, 0.1) is 5.92 Å². The summed E-state index contributed by atoms with van der Waals surface area (Å²) in [7, 11) is 0. The van der Waals surface area contributed by atoms with E-state index in [0.29, 0.717) is 12.0 Å². The Balaban J connectivity index is 2.25. The summed E-state index contributed by atoms with van der Waals surface area (Å²) in [5.41, 5.74) is 0. The molecule has 1 aliphatic rings. The van der Waals surface area contributed by atoms with Crippen LogP contribution < -0.4 is 5.32 Å². The molecule has 1 rings (SSSR count). The fourth-order valence-corrected chi connectivity index (χ4v) is 2.64. The lowest BCUT2D eigenvalue weighted by molar-refractivity contribution is 0.244. The van der Waals surface area contributed by atoms with Crippen LogP contribution >= 0.6 is 11.8 Å². The van der Waals surface area contributed by atoms with Crippen LogP contribution in [0.15, 0.2) is 0 Å². The highest BCUT2D eigenvalue weighted by atomic mass is 32.2. The van der Waals surface area contributed by atoms with Gasteiger partial charge in [0, 0.05) is 6.04 Å². The van der Waals surface area contributed by atoms with E-state index in [-0.39, 0.29) is 5.24 Å². The molecule has 1 fully saturated rings. The molecule has 0 aliphatic heterocycles. The third kappa shape index (κ3) is 3.91. The molecule has 3 heteroatoms. The van der Waals surface area contributed by atoms with E-state index in [0.717, 1.165) is 5.75 Å². The van der Waals surface area contributed by atoms with E-state index in [9.17, 15) is 4.79 Å². The minimum absolute atomic E-state index is 0.144. The third-order valence-corrected chi connectivity index (χ3v) is 3.65. The van der Waals surface area contributed by atoms with Gasteiger partial charge in [-0.05, 0) is 31.4 Å². The molecule has 0 radical (unpaired) electrons. The van der Waals surface area contributed by atoms with Crippen LogP contribution in [-0.2, 0) is 0 Å². The van der Waals surface area contributed by atoms with Crippen molar-refractivity contribution in [1.29, 1.82) is 0 Å². The van der Waals surface area contributed by atoms with Crippen molar-refractivity contribution in [3.05, 3.63) is 0 Å². The van der Waals surface area contributed by atoms with Gasteiger partial charge in [0.15, 0.2) is 0 Å². The lowest BCUT2D eigenvalue weighted by Crippen LogP contribution is -2.36. The first-order valence-electron chi connectivity index (χ1n) is 5.67. The molecule has 0 saturated heterocycles. The number of carbonyl (C=O) groups excluding carboxylic acids is 1. The summed E-state index contributed by atoms with van der Waals surface area (Å²) in [6.07, 6.45) is 6.63. The fourth-order valence-electron chi connectivity index (χ4n) is 2.11. The summed E-state index contributed by atoms with van der Waals surface area (Å²) in [6.45, 7) is 4.15. The van der Waals surface area contributed by atoms with Gasteiger partial charge in [-0.25, -0.2) is 0 Å². The van der Waals surface area contributed by atoms with Crippen LogP contribution in [-0.4, -0.2) is 17.0 Å². The van der Waals surface area contributed by atoms with Gasteiger partial charge in [0.25, 0.3) is 5.24 Å². The Bertz CT molecular complexity index is 178. The molecule has 82 valence electrons.